The fourth-order valence-corrected chi connectivity index (χ4v) is 3.54. The van der Waals surface area contributed by atoms with Gasteiger partial charge in [0.2, 0.25) is 0 Å². The second-order valence-corrected chi connectivity index (χ2v) is 6.03. The van der Waals surface area contributed by atoms with Crippen LogP contribution in [0.1, 0.15) is 31.2 Å². The van der Waals surface area contributed by atoms with Crippen LogP contribution in [0.25, 0.3) is 0 Å². The molecule has 3 rings (SSSR count). The maximum absolute atomic E-state index is 6.27. The highest BCUT2D eigenvalue weighted by molar-refractivity contribution is 6.33. The molecule has 2 aliphatic heterocycles. The van der Waals surface area contributed by atoms with Gasteiger partial charge in [0.25, 0.3) is 0 Å². The average molecular weight is 265 g/mol. The van der Waals surface area contributed by atoms with Crippen LogP contribution in [-0.2, 0) is 0 Å². The molecule has 2 saturated heterocycles. The fourth-order valence-electron chi connectivity index (χ4n) is 3.37. The van der Waals surface area contributed by atoms with Gasteiger partial charge < -0.3 is 5.32 Å². The minimum atomic E-state index is 0.574. The van der Waals surface area contributed by atoms with Crippen molar-refractivity contribution in [3.8, 4) is 0 Å². The van der Waals surface area contributed by atoms with Gasteiger partial charge in [-0.25, -0.2) is 0 Å². The summed E-state index contributed by atoms with van der Waals surface area (Å²) in [7, 11) is 0. The van der Waals surface area contributed by atoms with Crippen molar-refractivity contribution in [2.75, 3.05) is 18.4 Å². The van der Waals surface area contributed by atoms with E-state index < -0.39 is 0 Å². The van der Waals surface area contributed by atoms with Crippen molar-refractivity contribution in [3.05, 3.63) is 28.8 Å². The number of halogens is 1. The van der Waals surface area contributed by atoms with Crippen LogP contribution in [0.15, 0.2) is 18.2 Å². The van der Waals surface area contributed by atoms with E-state index in [1.165, 1.54) is 44.3 Å². The number of nitrogens with one attached hydrogen (secondary N) is 1. The number of rotatable bonds is 2. The molecular formula is C15H21ClN2. The Bertz CT molecular complexity index is 433. The molecule has 0 saturated carbocycles. The van der Waals surface area contributed by atoms with E-state index in [9.17, 15) is 0 Å². The molecule has 2 atom stereocenters. The first-order chi connectivity index (χ1) is 8.74. The van der Waals surface area contributed by atoms with Gasteiger partial charge in [0, 0.05) is 18.6 Å². The van der Waals surface area contributed by atoms with Crippen molar-refractivity contribution in [1.29, 1.82) is 0 Å². The molecule has 2 fully saturated rings. The molecule has 3 heteroatoms. The zero-order valence-electron chi connectivity index (χ0n) is 11.0. The largest absolute Gasteiger partial charge is 0.379 e. The number of fused-ring (bicyclic) bond motifs is 1. The van der Waals surface area contributed by atoms with Gasteiger partial charge in [0.1, 0.15) is 0 Å². The molecule has 2 heterocycles. The van der Waals surface area contributed by atoms with Gasteiger partial charge in [-0.05, 0) is 50.4 Å². The number of anilines is 1. The third kappa shape index (κ3) is 2.36. The normalized spacial score (nSPS) is 28.1. The fraction of sp³-hybridized carbons (Fsp3) is 0.600. The van der Waals surface area contributed by atoms with Crippen molar-refractivity contribution in [3.63, 3.8) is 0 Å². The lowest BCUT2D eigenvalue weighted by Crippen LogP contribution is -2.41. The zero-order chi connectivity index (χ0) is 12.5. The Morgan fingerprint density at radius 3 is 3.00 bits per heavy atom. The third-order valence-electron chi connectivity index (χ3n) is 4.32. The molecule has 1 aromatic rings. The summed E-state index contributed by atoms with van der Waals surface area (Å²) in [4.78, 5) is 2.64. The molecular weight excluding hydrogens is 244 g/mol. The number of nitrogens with zero attached hydrogens (tertiary/aromatic N) is 1. The van der Waals surface area contributed by atoms with Gasteiger partial charge in [0.15, 0.2) is 0 Å². The molecule has 2 aliphatic rings. The highest BCUT2D eigenvalue weighted by atomic mass is 35.5. The quantitative estimate of drug-likeness (QED) is 0.877. The van der Waals surface area contributed by atoms with Crippen LogP contribution >= 0.6 is 11.6 Å². The molecule has 2 nitrogen and oxygen atoms in total. The lowest BCUT2D eigenvalue weighted by Gasteiger charge is -2.33. The van der Waals surface area contributed by atoms with Gasteiger partial charge in [-0.2, -0.15) is 0 Å². The maximum Gasteiger partial charge on any atom is 0.0637 e. The van der Waals surface area contributed by atoms with Crippen LogP contribution in [0.3, 0.4) is 0 Å². The SMILES string of the molecule is Cc1ccc(Cl)c(NC2CCN3CCCCC23)c1. The Kier molecular flexibility index (Phi) is 3.49. The van der Waals surface area contributed by atoms with E-state index in [1.807, 2.05) is 6.07 Å². The van der Waals surface area contributed by atoms with Crippen LogP contribution in [0.2, 0.25) is 5.02 Å². The van der Waals surface area contributed by atoms with E-state index in [-0.39, 0.29) is 0 Å². The van der Waals surface area contributed by atoms with Crippen molar-refractivity contribution >= 4 is 17.3 Å². The minimum absolute atomic E-state index is 0.574. The lowest BCUT2D eigenvalue weighted by atomic mass is 9.99. The summed E-state index contributed by atoms with van der Waals surface area (Å²) < 4.78 is 0. The lowest BCUT2D eigenvalue weighted by molar-refractivity contribution is 0.193. The predicted octanol–water partition coefficient (Wildman–Crippen LogP) is 3.69. The molecule has 0 amide bonds. The van der Waals surface area contributed by atoms with Crippen LogP contribution < -0.4 is 5.32 Å². The highest BCUT2D eigenvalue weighted by Gasteiger charge is 2.35. The summed E-state index contributed by atoms with van der Waals surface area (Å²) >= 11 is 6.27. The summed E-state index contributed by atoms with van der Waals surface area (Å²) in [6.45, 7) is 4.64. The standard InChI is InChI=1S/C15H21ClN2/c1-11-5-6-12(16)14(10-11)17-13-7-9-18-8-3-2-4-15(13)18/h5-6,10,13,15,17H,2-4,7-9H2,1H3. The first kappa shape index (κ1) is 12.3. The summed E-state index contributed by atoms with van der Waals surface area (Å²) in [6, 6.07) is 7.51. The van der Waals surface area contributed by atoms with E-state index in [4.69, 9.17) is 11.6 Å². The predicted molar refractivity (Wildman–Crippen MR) is 77.4 cm³/mol. The van der Waals surface area contributed by atoms with E-state index in [0.29, 0.717) is 6.04 Å². The van der Waals surface area contributed by atoms with Gasteiger partial charge in [-0.15, -0.1) is 0 Å². The van der Waals surface area contributed by atoms with Gasteiger partial charge >= 0.3 is 0 Å². The third-order valence-corrected chi connectivity index (χ3v) is 4.65. The zero-order valence-corrected chi connectivity index (χ0v) is 11.7. The molecule has 0 bridgehead atoms. The summed E-state index contributed by atoms with van der Waals surface area (Å²) in [6.07, 6.45) is 5.32. The van der Waals surface area contributed by atoms with Crippen LogP contribution in [0.5, 0.6) is 0 Å². The van der Waals surface area contributed by atoms with Crippen molar-refractivity contribution < 1.29 is 0 Å². The Balaban J connectivity index is 1.74. The summed E-state index contributed by atoms with van der Waals surface area (Å²) in [5, 5.41) is 4.52. The molecule has 0 radical (unpaired) electrons. The number of piperidine rings is 1. The van der Waals surface area contributed by atoms with Crippen LogP contribution in [0.4, 0.5) is 5.69 Å². The highest BCUT2D eigenvalue weighted by Crippen LogP contribution is 2.31. The Morgan fingerprint density at radius 1 is 1.22 bits per heavy atom. The monoisotopic (exact) mass is 264 g/mol. The number of benzene rings is 1. The van der Waals surface area contributed by atoms with E-state index >= 15 is 0 Å². The topological polar surface area (TPSA) is 15.3 Å². The van der Waals surface area contributed by atoms with Crippen molar-refractivity contribution in [2.45, 2.75) is 44.7 Å². The summed E-state index contributed by atoms with van der Waals surface area (Å²) in [5.74, 6) is 0. The van der Waals surface area contributed by atoms with Gasteiger partial charge in [-0.1, -0.05) is 24.1 Å². The molecule has 18 heavy (non-hydrogen) atoms. The minimum Gasteiger partial charge on any atom is -0.379 e. The number of hydrogen-bond donors (Lipinski definition) is 1. The van der Waals surface area contributed by atoms with Crippen molar-refractivity contribution in [1.82, 2.24) is 4.90 Å². The summed E-state index contributed by atoms with van der Waals surface area (Å²) in [5.41, 5.74) is 2.37. The number of hydrogen-bond acceptors (Lipinski definition) is 2. The van der Waals surface area contributed by atoms with E-state index in [1.54, 1.807) is 0 Å². The van der Waals surface area contributed by atoms with Gasteiger partial charge in [-0.3, -0.25) is 4.90 Å². The van der Waals surface area contributed by atoms with E-state index in [0.717, 1.165) is 16.8 Å². The molecule has 0 aliphatic carbocycles. The molecule has 1 aromatic carbocycles. The second kappa shape index (κ2) is 5.10. The Labute approximate surface area is 114 Å². The number of aryl methyl sites for hydroxylation is 1. The van der Waals surface area contributed by atoms with Gasteiger partial charge in [0.05, 0.1) is 10.7 Å². The smallest absolute Gasteiger partial charge is 0.0637 e. The Hall–Kier alpha value is -0.730. The molecule has 0 aromatic heterocycles. The van der Waals surface area contributed by atoms with Crippen LogP contribution in [-0.4, -0.2) is 30.1 Å². The van der Waals surface area contributed by atoms with Crippen LogP contribution in [0, 0.1) is 6.92 Å². The van der Waals surface area contributed by atoms with Crippen molar-refractivity contribution in [2.24, 2.45) is 0 Å². The van der Waals surface area contributed by atoms with E-state index in [2.05, 4.69) is 29.3 Å². The second-order valence-electron chi connectivity index (χ2n) is 5.62. The average Bonchev–Trinajstić information content (AvgIpc) is 2.78. The molecule has 2 unspecified atom stereocenters. The molecule has 1 N–H and O–H groups in total. The Morgan fingerprint density at radius 2 is 2.11 bits per heavy atom. The molecule has 98 valence electrons. The molecule has 0 spiro atoms. The first-order valence-corrected chi connectivity index (χ1v) is 7.38. The first-order valence-electron chi connectivity index (χ1n) is 7.01. The maximum atomic E-state index is 6.27.